The lowest BCUT2D eigenvalue weighted by Gasteiger charge is -1.95. The van der Waals surface area contributed by atoms with Gasteiger partial charge in [-0.05, 0) is 43.4 Å². The average molecular weight is 208 g/mol. The lowest BCUT2D eigenvalue weighted by molar-refractivity contribution is -0.128. The summed E-state index contributed by atoms with van der Waals surface area (Å²) in [5.74, 6) is 1.16. The summed E-state index contributed by atoms with van der Waals surface area (Å²) >= 11 is 0. The van der Waals surface area contributed by atoms with Crippen molar-refractivity contribution >= 4 is 6.47 Å². The minimum atomic E-state index is 0.365. The molecule has 0 spiro atoms. The molecule has 0 atom stereocenters. The number of benzene rings is 1. The second kappa shape index (κ2) is 6.06. The van der Waals surface area contributed by atoms with Crippen molar-refractivity contribution in [1.82, 2.24) is 0 Å². The molecule has 0 unspecified atom stereocenters. The Morgan fingerprint density at radius 3 is 2.33 bits per heavy atom. The molecular formula is C12H16O3. The second-order valence-electron chi connectivity index (χ2n) is 3.42. The van der Waals surface area contributed by atoms with Gasteiger partial charge in [-0.1, -0.05) is 12.1 Å². The number of carbonyl (C=O) groups is 1. The molecule has 82 valence electrons. The van der Waals surface area contributed by atoms with Gasteiger partial charge in [0.15, 0.2) is 0 Å². The Balaban J connectivity index is 0.000000195. The number of aromatic hydroxyl groups is 1. The molecule has 3 heteroatoms. The molecule has 0 radical (unpaired) electrons. The smallest absolute Gasteiger partial charge is 0.293 e. The topological polar surface area (TPSA) is 46.5 Å². The van der Waals surface area contributed by atoms with Crippen LogP contribution in [0.5, 0.6) is 5.75 Å². The minimum absolute atomic E-state index is 0.365. The molecule has 1 aliphatic carbocycles. The van der Waals surface area contributed by atoms with Gasteiger partial charge in [0.1, 0.15) is 5.75 Å². The van der Waals surface area contributed by atoms with Crippen molar-refractivity contribution in [3.8, 4) is 5.75 Å². The number of ether oxygens (including phenoxy) is 1. The highest BCUT2D eigenvalue weighted by Gasteiger charge is 2.22. The minimum Gasteiger partial charge on any atom is -0.508 e. The molecule has 3 nitrogen and oxygen atoms in total. The van der Waals surface area contributed by atoms with Gasteiger partial charge in [0.25, 0.3) is 6.47 Å². The van der Waals surface area contributed by atoms with Crippen LogP contribution in [0.4, 0.5) is 0 Å². The predicted octanol–water partition coefficient (Wildman–Crippen LogP) is 2.45. The van der Waals surface area contributed by atoms with E-state index in [-0.39, 0.29) is 0 Å². The summed E-state index contributed by atoms with van der Waals surface area (Å²) in [7, 11) is 0. The van der Waals surface area contributed by atoms with Gasteiger partial charge < -0.3 is 9.84 Å². The van der Waals surface area contributed by atoms with E-state index in [1.165, 1.54) is 18.4 Å². The molecule has 1 aromatic carbocycles. The summed E-state index contributed by atoms with van der Waals surface area (Å²) in [5.41, 5.74) is 1.37. The highest BCUT2D eigenvalue weighted by molar-refractivity contribution is 5.36. The zero-order chi connectivity index (χ0) is 11.1. The highest BCUT2D eigenvalue weighted by atomic mass is 16.5. The molecule has 0 heterocycles. The molecule has 1 saturated carbocycles. The van der Waals surface area contributed by atoms with Crippen LogP contribution in [-0.2, 0) is 9.53 Å². The summed E-state index contributed by atoms with van der Waals surface area (Å²) < 4.78 is 4.15. The first-order valence-corrected chi connectivity index (χ1v) is 5.12. The fraction of sp³-hybridized carbons (Fsp3) is 0.417. The normalized spacial score (nSPS) is 13.7. The first kappa shape index (κ1) is 11.6. The summed E-state index contributed by atoms with van der Waals surface area (Å²) in [6, 6.07) is 7.53. The molecule has 1 N–H and O–H groups in total. The van der Waals surface area contributed by atoms with Crippen LogP contribution in [0.1, 0.15) is 31.2 Å². The molecule has 15 heavy (non-hydrogen) atoms. The van der Waals surface area contributed by atoms with Crippen molar-refractivity contribution < 1.29 is 14.6 Å². The quantitative estimate of drug-likeness (QED) is 0.776. The zero-order valence-corrected chi connectivity index (χ0v) is 8.85. The number of rotatable bonds is 3. The van der Waals surface area contributed by atoms with Crippen LogP contribution < -0.4 is 0 Å². The fourth-order valence-corrected chi connectivity index (χ4v) is 1.23. The Bertz CT molecular complexity index is 288. The predicted molar refractivity (Wildman–Crippen MR) is 57.8 cm³/mol. The van der Waals surface area contributed by atoms with Crippen LogP contribution in [0.15, 0.2) is 24.3 Å². The Morgan fingerprint density at radius 1 is 1.40 bits per heavy atom. The zero-order valence-electron chi connectivity index (χ0n) is 8.85. The van der Waals surface area contributed by atoms with Gasteiger partial charge in [0.05, 0.1) is 6.61 Å². The van der Waals surface area contributed by atoms with E-state index < -0.39 is 0 Å². The van der Waals surface area contributed by atoms with Gasteiger partial charge in [-0.15, -0.1) is 0 Å². The van der Waals surface area contributed by atoms with E-state index in [0.29, 0.717) is 18.8 Å². The molecule has 0 bridgehead atoms. The number of hydrogen-bond acceptors (Lipinski definition) is 3. The first-order chi connectivity index (χ1) is 7.27. The van der Waals surface area contributed by atoms with Crippen LogP contribution in [0.25, 0.3) is 0 Å². The lowest BCUT2D eigenvalue weighted by atomic mass is 10.1. The van der Waals surface area contributed by atoms with Gasteiger partial charge in [-0.2, -0.15) is 0 Å². The third-order valence-electron chi connectivity index (χ3n) is 2.18. The highest BCUT2D eigenvalue weighted by Crippen LogP contribution is 2.40. The second-order valence-corrected chi connectivity index (χ2v) is 3.42. The van der Waals surface area contributed by atoms with Crippen LogP contribution in [0, 0.1) is 0 Å². The number of phenols is 1. The lowest BCUT2D eigenvalue weighted by Crippen LogP contribution is -1.80. The molecule has 0 aliphatic heterocycles. The molecule has 2 rings (SSSR count). The van der Waals surface area contributed by atoms with Crippen LogP contribution in [0.3, 0.4) is 0 Å². The van der Waals surface area contributed by atoms with E-state index in [1.54, 1.807) is 19.1 Å². The van der Waals surface area contributed by atoms with E-state index in [4.69, 9.17) is 5.11 Å². The molecule has 1 aromatic rings. The largest absolute Gasteiger partial charge is 0.508 e. The number of phenolic OH excluding ortho intramolecular Hbond substituents is 1. The Kier molecular flexibility index (Phi) is 4.68. The third kappa shape index (κ3) is 4.49. The maximum atomic E-state index is 9.18. The van der Waals surface area contributed by atoms with Gasteiger partial charge in [0.2, 0.25) is 0 Å². The van der Waals surface area contributed by atoms with Gasteiger partial charge >= 0.3 is 0 Å². The molecule has 1 fully saturated rings. The van der Waals surface area contributed by atoms with Crippen LogP contribution in [0.2, 0.25) is 0 Å². The van der Waals surface area contributed by atoms with E-state index in [0.717, 1.165) is 5.92 Å². The summed E-state index contributed by atoms with van der Waals surface area (Å²) in [6.45, 7) is 2.66. The third-order valence-corrected chi connectivity index (χ3v) is 2.18. The summed E-state index contributed by atoms with van der Waals surface area (Å²) in [6.07, 6.45) is 2.65. The van der Waals surface area contributed by atoms with Crippen molar-refractivity contribution in [2.45, 2.75) is 25.7 Å². The molecule has 0 amide bonds. The maximum absolute atomic E-state index is 9.18. The van der Waals surface area contributed by atoms with Crippen LogP contribution in [-0.4, -0.2) is 18.2 Å². The Morgan fingerprint density at radius 2 is 2.00 bits per heavy atom. The van der Waals surface area contributed by atoms with Gasteiger partial charge in [-0.25, -0.2) is 0 Å². The average Bonchev–Trinajstić information content (AvgIpc) is 3.05. The molecule has 0 saturated heterocycles. The molecule has 1 aliphatic rings. The maximum Gasteiger partial charge on any atom is 0.293 e. The summed E-state index contributed by atoms with van der Waals surface area (Å²) in [4.78, 5) is 9.18. The first-order valence-electron chi connectivity index (χ1n) is 5.12. The van der Waals surface area contributed by atoms with Crippen LogP contribution >= 0.6 is 0 Å². The van der Waals surface area contributed by atoms with Crippen molar-refractivity contribution in [3.05, 3.63) is 29.8 Å². The van der Waals surface area contributed by atoms with Gasteiger partial charge in [-0.3, -0.25) is 4.79 Å². The Hall–Kier alpha value is -1.51. The standard InChI is InChI=1S/C9H10O.C3H6O2/c10-9-5-3-8(4-6-9)7-1-2-7;1-2-5-3-4/h3-7,10H,1-2H2;3H,2H2,1H3. The molecule has 0 aromatic heterocycles. The van der Waals surface area contributed by atoms with Crippen molar-refractivity contribution in [2.24, 2.45) is 0 Å². The summed E-state index contributed by atoms with van der Waals surface area (Å²) in [5, 5.41) is 8.96. The van der Waals surface area contributed by atoms with E-state index >= 15 is 0 Å². The number of carbonyl (C=O) groups excluding carboxylic acids is 1. The SMILES string of the molecule is CCOC=O.Oc1ccc(C2CC2)cc1. The Labute approximate surface area is 89.7 Å². The van der Waals surface area contributed by atoms with E-state index in [9.17, 15) is 4.79 Å². The van der Waals surface area contributed by atoms with Crippen molar-refractivity contribution in [1.29, 1.82) is 0 Å². The van der Waals surface area contributed by atoms with Gasteiger partial charge in [0, 0.05) is 0 Å². The number of hydrogen-bond donors (Lipinski definition) is 1. The fourth-order valence-electron chi connectivity index (χ4n) is 1.23. The van der Waals surface area contributed by atoms with Crippen molar-refractivity contribution in [3.63, 3.8) is 0 Å². The van der Waals surface area contributed by atoms with E-state index in [2.05, 4.69) is 4.74 Å². The molecular weight excluding hydrogens is 192 g/mol. The van der Waals surface area contributed by atoms with Crippen molar-refractivity contribution in [2.75, 3.05) is 6.61 Å². The monoisotopic (exact) mass is 208 g/mol. The van der Waals surface area contributed by atoms with E-state index in [1.807, 2.05) is 12.1 Å².